The van der Waals surface area contributed by atoms with E-state index in [2.05, 4.69) is 5.32 Å². The average Bonchev–Trinajstić information content (AvgIpc) is 0.823. The molecule has 4 aromatic rings. The molecular formula is C87H127BF2N4O22P. The Hall–Kier alpha value is -8.92. The normalized spacial score (nSPS) is 15.4. The van der Waals surface area contributed by atoms with Crippen LogP contribution in [0.15, 0.2) is 109 Å². The van der Waals surface area contributed by atoms with Gasteiger partial charge in [-0.25, -0.2) is 47.1 Å². The van der Waals surface area contributed by atoms with Crippen molar-refractivity contribution in [3.8, 4) is 0 Å². The number of alkyl halides is 2. The van der Waals surface area contributed by atoms with Crippen LogP contribution in [0.4, 0.5) is 18.4 Å². The van der Waals surface area contributed by atoms with Gasteiger partial charge in [0.2, 0.25) is 13.1 Å². The number of nitrogens with one attached hydrogen (secondary N) is 1. The molecule has 2 aliphatic rings. The van der Waals surface area contributed by atoms with Gasteiger partial charge in [0.1, 0.15) is 59.9 Å². The zero-order chi connectivity index (χ0) is 88.1. The molecule has 4 aromatic carbocycles. The van der Waals surface area contributed by atoms with E-state index >= 15 is 4.39 Å². The summed E-state index contributed by atoms with van der Waals surface area (Å²) >= 11 is 0. The van der Waals surface area contributed by atoms with Crippen molar-refractivity contribution >= 4 is 75.2 Å². The Morgan fingerprint density at radius 1 is 0.487 bits per heavy atom. The van der Waals surface area contributed by atoms with E-state index < -0.39 is 137 Å². The van der Waals surface area contributed by atoms with Crippen LogP contribution in [0.2, 0.25) is 6.82 Å². The van der Waals surface area contributed by atoms with E-state index in [9.17, 15) is 62.0 Å². The van der Waals surface area contributed by atoms with Crippen molar-refractivity contribution in [2.75, 3.05) is 54.6 Å². The molecular weight excluding hydrogens is 1530 g/mol. The van der Waals surface area contributed by atoms with Gasteiger partial charge >= 0.3 is 54.0 Å². The number of halogens is 2. The second kappa shape index (κ2) is 50.1. The van der Waals surface area contributed by atoms with Gasteiger partial charge in [0.25, 0.3) is 5.91 Å². The number of rotatable bonds is 35. The first-order valence-electron chi connectivity index (χ1n) is 39.8. The number of esters is 6. The summed E-state index contributed by atoms with van der Waals surface area (Å²) in [5.74, 6) is -5.67. The van der Waals surface area contributed by atoms with Gasteiger partial charge in [0, 0.05) is 73.3 Å². The highest BCUT2D eigenvalue weighted by molar-refractivity contribution is 7.60. The molecule has 0 spiro atoms. The number of hydrogen-bond donors (Lipinski definition) is 2. The Balaban J connectivity index is 0.000000490. The van der Waals surface area contributed by atoms with E-state index in [1.807, 2.05) is 125 Å². The number of carboxylic acid groups (broad SMARTS) is 1. The Morgan fingerprint density at radius 3 is 1.15 bits per heavy atom. The molecule has 0 unspecified atom stereocenters. The second-order valence-corrected chi connectivity index (χ2v) is 33.9. The average molecular weight is 1660 g/mol. The third-order valence-corrected chi connectivity index (χ3v) is 18.6. The molecule has 2 N–H and O–H groups in total. The van der Waals surface area contributed by atoms with Crippen LogP contribution in [-0.2, 0) is 116 Å². The Labute approximate surface area is 692 Å². The highest BCUT2D eigenvalue weighted by atomic mass is 31.1. The molecule has 3 amide bonds. The molecule has 2 heterocycles. The maximum absolute atomic E-state index is 15.2. The lowest BCUT2D eigenvalue weighted by Gasteiger charge is -2.34. The standard InChI is InChI=1S/C43H61FN2O10.C26H38FNO7.C17H25NO4.CH3BOP/c1-28(2)24-34(39(49)54-29(3)38(48)53-27-31-14-12-11-13-15-31)45(9)37(47)36(25-30-16-18-32(19-17-30)33-20-22-52-23-21-33)55-40(50)35(26-43(7,8)44)46(10)41(51)56-42(4,5)6;1-25(2,3)35-24(32)28(6)20(16-26(4,5)27)23(31)34-21(22(29)30)15-17-7-9-18(10-8-17)19-11-13-33-14-12-19;1-12(2)10-15(18-4)17(20)22-13(3)16(19)21-11-14-8-6-5-7-9-14;1-2-4-3/h11-19,28-29,33-36H,20-27H2,1-10H3;7-10,19-21H,11-16H2,1-6H3,(H,29,30);5-9,12-13,15,18H,10-11H2,1-4H3;1H3/t29-,34+,35+,36-;20-,21+;13-,15+;/m101./s1. The molecule has 0 saturated carbocycles. The SMILES string of the molecule is CC(C)C[C@@H](C(=O)O[C@H](C)C(=O)OCc1ccccc1)N(C)C(=O)[C@@H](Cc1ccc(C2CCOCC2)cc1)OC(=O)[C@H](CC(C)(C)F)N(C)C(=O)OC(C)(C)C.CN(C(=O)OC(C)(C)C)[C@@H](CC(C)(C)F)C(=O)O[C@H](Cc1ccc(C2CCOCC2)cc1)C(=O)O.CN[C@@H](CC(C)C)C(=O)O[C@H](C)C(=O)OCc1ccccc1.C[B]P=O. The van der Waals surface area contributed by atoms with E-state index in [0.717, 1.165) is 75.9 Å². The third-order valence-electron chi connectivity index (χ3n) is 18.4. The van der Waals surface area contributed by atoms with Crippen LogP contribution in [0, 0.1) is 11.8 Å². The number of benzene rings is 4. The number of aliphatic carboxylic acids is 1. The van der Waals surface area contributed by atoms with Gasteiger partial charge < -0.3 is 62.7 Å². The largest absolute Gasteiger partial charge is 0.478 e. The maximum atomic E-state index is 15.2. The van der Waals surface area contributed by atoms with Crippen LogP contribution in [0.5, 0.6) is 0 Å². The summed E-state index contributed by atoms with van der Waals surface area (Å²) in [5, 5.41) is 12.6. The van der Waals surface area contributed by atoms with Crippen molar-refractivity contribution in [3.63, 3.8) is 0 Å². The predicted octanol–water partition coefficient (Wildman–Crippen LogP) is 14.7. The molecule has 2 aliphatic heterocycles. The quantitative estimate of drug-likeness (QED) is 0.0187. The van der Waals surface area contributed by atoms with Crippen LogP contribution >= 0.6 is 8.34 Å². The number of ether oxygens (including phenoxy) is 10. The fourth-order valence-electron chi connectivity index (χ4n) is 12.1. The van der Waals surface area contributed by atoms with E-state index in [1.54, 1.807) is 74.5 Å². The van der Waals surface area contributed by atoms with Crippen LogP contribution in [0.1, 0.15) is 207 Å². The fourth-order valence-corrected chi connectivity index (χ4v) is 12.1. The van der Waals surface area contributed by atoms with Gasteiger partial charge in [-0.1, -0.05) is 144 Å². The van der Waals surface area contributed by atoms with Gasteiger partial charge in [0.05, 0.1) is 8.34 Å². The molecule has 2 saturated heterocycles. The second-order valence-electron chi connectivity index (χ2n) is 33.2. The summed E-state index contributed by atoms with van der Waals surface area (Å²) in [6, 6.07) is 29.2. The lowest BCUT2D eigenvalue weighted by atomic mass is 9.90. The van der Waals surface area contributed by atoms with Crippen molar-refractivity contribution in [2.45, 2.75) is 278 Å². The molecule has 0 aliphatic carbocycles. The van der Waals surface area contributed by atoms with Crippen molar-refractivity contribution in [1.29, 1.82) is 0 Å². The molecule has 117 heavy (non-hydrogen) atoms. The van der Waals surface area contributed by atoms with E-state index in [1.165, 1.54) is 62.7 Å². The zero-order valence-corrected chi connectivity index (χ0v) is 73.2. The summed E-state index contributed by atoms with van der Waals surface area (Å²) in [5.41, 5.74) is -0.187. The summed E-state index contributed by atoms with van der Waals surface area (Å²) in [7, 11) is 5.84. The van der Waals surface area contributed by atoms with Crippen molar-refractivity contribution < 1.29 is 114 Å². The maximum Gasteiger partial charge on any atom is 0.410 e. The number of hydrogen-bond acceptors (Lipinski definition) is 22. The van der Waals surface area contributed by atoms with Crippen LogP contribution in [-0.4, -0.2) is 212 Å². The minimum atomic E-state index is -1.92. The Kier molecular flexibility index (Phi) is 43.8. The Bertz CT molecular complexity index is 3730. The highest BCUT2D eigenvalue weighted by Crippen LogP contribution is 2.31. The van der Waals surface area contributed by atoms with Gasteiger partial charge in [-0.05, 0) is 186 Å². The smallest absolute Gasteiger partial charge is 0.410 e. The molecule has 2 fully saturated rings. The number of carbonyl (C=O) groups is 10. The zero-order valence-electron chi connectivity index (χ0n) is 72.3. The van der Waals surface area contributed by atoms with E-state index in [0.29, 0.717) is 48.5 Å². The van der Waals surface area contributed by atoms with Gasteiger partial charge in [-0.3, -0.25) is 24.0 Å². The minimum absolute atomic E-state index is 0.0117. The van der Waals surface area contributed by atoms with Crippen molar-refractivity contribution in [2.24, 2.45) is 11.8 Å². The summed E-state index contributed by atoms with van der Waals surface area (Å²) in [4.78, 5) is 132. The molecule has 0 aromatic heterocycles. The number of carboxylic acids is 1. The topological polar surface area (TPSA) is 322 Å². The fraction of sp³-hybridized carbons (Fsp3) is 0.609. The predicted molar refractivity (Wildman–Crippen MR) is 440 cm³/mol. The molecule has 6 rings (SSSR count). The number of carbonyl (C=O) groups excluding carboxylic acids is 9. The minimum Gasteiger partial charge on any atom is -0.478 e. The summed E-state index contributed by atoms with van der Waals surface area (Å²) in [6.45, 7) is 32.0. The molecule has 0 bridgehead atoms. The van der Waals surface area contributed by atoms with Gasteiger partial charge in [-0.2, -0.15) is 0 Å². The molecule has 26 nitrogen and oxygen atoms in total. The number of amides is 3. The number of likely N-dealkylation sites (N-methyl/N-ethyl adjacent to an activating group) is 4. The van der Waals surface area contributed by atoms with Crippen LogP contribution in [0.3, 0.4) is 0 Å². The first-order valence-corrected chi connectivity index (χ1v) is 40.7. The van der Waals surface area contributed by atoms with Gasteiger partial charge in [-0.15, -0.1) is 0 Å². The Morgan fingerprint density at radius 2 is 0.829 bits per heavy atom. The van der Waals surface area contributed by atoms with E-state index in [-0.39, 0.29) is 53.2 Å². The molecule has 1 radical (unpaired) electrons. The lowest BCUT2D eigenvalue weighted by molar-refractivity contribution is -0.174. The molecule has 30 heteroatoms. The summed E-state index contributed by atoms with van der Waals surface area (Å²) in [6.07, 6.45) is -3.40. The first kappa shape index (κ1) is 102. The van der Waals surface area contributed by atoms with Gasteiger partial charge in [0.15, 0.2) is 18.3 Å². The monoisotopic (exact) mass is 1660 g/mol. The third kappa shape index (κ3) is 39.9. The van der Waals surface area contributed by atoms with Crippen molar-refractivity contribution in [1.82, 2.24) is 20.0 Å². The molecule has 8 atom stereocenters. The number of nitrogens with zero attached hydrogens (tertiary/aromatic N) is 3. The van der Waals surface area contributed by atoms with Crippen molar-refractivity contribution in [3.05, 3.63) is 143 Å². The van der Waals surface area contributed by atoms with Crippen LogP contribution in [0.25, 0.3) is 0 Å². The van der Waals surface area contributed by atoms with E-state index in [4.69, 9.17) is 47.4 Å². The lowest BCUT2D eigenvalue weighted by Crippen LogP contribution is -2.52. The van der Waals surface area contributed by atoms with Crippen LogP contribution < -0.4 is 5.32 Å². The summed E-state index contributed by atoms with van der Waals surface area (Å²) < 4.78 is 93.0. The highest BCUT2D eigenvalue weighted by Gasteiger charge is 2.43. The molecule has 649 valence electrons. The first-order chi connectivity index (χ1) is 54.7.